The van der Waals surface area contributed by atoms with E-state index in [1.807, 2.05) is 12.1 Å². The number of benzene rings is 3. The third-order valence-corrected chi connectivity index (χ3v) is 4.22. The molecule has 3 aromatic carbocycles. The van der Waals surface area contributed by atoms with Gasteiger partial charge in [0.2, 0.25) is 0 Å². The Labute approximate surface area is 124 Å². The van der Waals surface area contributed by atoms with Crippen LogP contribution in [0.15, 0.2) is 66.7 Å². The van der Waals surface area contributed by atoms with E-state index in [9.17, 15) is 0 Å². The van der Waals surface area contributed by atoms with Crippen LogP contribution in [0.2, 0.25) is 0 Å². The average molecular weight is 272 g/mol. The molecule has 0 fully saturated rings. The second-order valence-electron chi connectivity index (χ2n) is 5.40. The van der Waals surface area contributed by atoms with Gasteiger partial charge in [0.25, 0.3) is 0 Å². The molecule has 1 nitrogen and oxygen atoms in total. The monoisotopic (exact) mass is 272 g/mol. The van der Waals surface area contributed by atoms with Gasteiger partial charge in [0.15, 0.2) is 0 Å². The van der Waals surface area contributed by atoms with Crippen LogP contribution in [0.3, 0.4) is 0 Å². The lowest BCUT2D eigenvalue weighted by Gasteiger charge is -2.10. The molecule has 0 aliphatic heterocycles. The minimum absolute atomic E-state index is 0.895. The van der Waals surface area contributed by atoms with Crippen LogP contribution in [0.1, 0.15) is 11.1 Å². The number of ether oxygens (including phenoxy) is 1. The molecule has 0 amide bonds. The van der Waals surface area contributed by atoms with E-state index in [4.69, 9.17) is 4.74 Å². The molecule has 1 aliphatic rings. The van der Waals surface area contributed by atoms with Gasteiger partial charge >= 0.3 is 0 Å². The highest BCUT2D eigenvalue weighted by Gasteiger charge is 2.21. The molecule has 0 aromatic heterocycles. The fourth-order valence-corrected chi connectivity index (χ4v) is 3.20. The van der Waals surface area contributed by atoms with Crippen LogP contribution in [0, 0.1) is 0 Å². The quantitative estimate of drug-likeness (QED) is 0.502. The minimum Gasteiger partial charge on any atom is -0.497 e. The Balaban J connectivity index is 1.91. The van der Waals surface area contributed by atoms with Crippen molar-refractivity contribution in [3.8, 4) is 28.0 Å². The summed E-state index contributed by atoms with van der Waals surface area (Å²) < 4.78 is 5.25. The van der Waals surface area contributed by atoms with Crippen molar-refractivity contribution in [3.63, 3.8) is 0 Å². The van der Waals surface area contributed by atoms with E-state index < -0.39 is 0 Å². The standard InChI is InChI=1S/C20H16O/c1-21-17-11-9-14(10-12-17)18-8-4-6-16-13-15-5-2-3-7-19(15)20(16)18/h2-12H,13H2,1H3. The van der Waals surface area contributed by atoms with E-state index in [0.717, 1.165) is 12.2 Å². The maximum Gasteiger partial charge on any atom is 0.118 e. The molecule has 0 spiro atoms. The Hall–Kier alpha value is -2.54. The summed E-state index contributed by atoms with van der Waals surface area (Å²) in [6, 6.07) is 23.6. The van der Waals surface area contributed by atoms with Gasteiger partial charge in [0, 0.05) is 0 Å². The van der Waals surface area contributed by atoms with Gasteiger partial charge in [0.05, 0.1) is 7.11 Å². The van der Waals surface area contributed by atoms with Crippen molar-refractivity contribution in [2.24, 2.45) is 0 Å². The van der Waals surface area contributed by atoms with Gasteiger partial charge in [-0.3, -0.25) is 0 Å². The van der Waals surface area contributed by atoms with E-state index in [-0.39, 0.29) is 0 Å². The van der Waals surface area contributed by atoms with Gasteiger partial charge < -0.3 is 4.74 Å². The Morgan fingerprint density at radius 3 is 2.24 bits per heavy atom. The van der Waals surface area contributed by atoms with Crippen LogP contribution in [-0.4, -0.2) is 7.11 Å². The Morgan fingerprint density at radius 2 is 1.43 bits per heavy atom. The Kier molecular flexibility index (Phi) is 2.78. The topological polar surface area (TPSA) is 9.23 Å². The number of hydrogen-bond donors (Lipinski definition) is 0. The third-order valence-electron chi connectivity index (χ3n) is 4.22. The molecule has 0 saturated heterocycles. The normalized spacial score (nSPS) is 11.9. The number of hydrogen-bond acceptors (Lipinski definition) is 1. The highest BCUT2D eigenvalue weighted by Crippen LogP contribution is 2.42. The van der Waals surface area contributed by atoms with Crippen LogP contribution in [0.25, 0.3) is 22.3 Å². The first-order valence-electron chi connectivity index (χ1n) is 7.21. The zero-order valence-electron chi connectivity index (χ0n) is 12.0. The maximum absolute atomic E-state index is 5.25. The molecule has 0 bridgehead atoms. The molecule has 102 valence electrons. The summed E-state index contributed by atoms with van der Waals surface area (Å²) in [5.74, 6) is 0.895. The first kappa shape index (κ1) is 12.2. The summed E-state index contributed by atoms with van der Waals surface area (Å²) in [7, 11) is 1.70. The molecule has 4 rings (SSSR count). The summed E-state index contributed by atoms with van der Waals surface area (Å²) in [5, 5.41) is 0. The van der Waals surface area contributed by atoms with Crippen molar-refractivity contribution >= 4 is 0 Å². The van der Waals surface area contributed by atoms with Crippen molar-refractivity contribution in [2.75, 3.05) is 7.11 Å². The van der Waals surface area contributed by atoms with Crippen molar-refractivity contribution in [1.29, 1.82) is 0 Å². The molecule has 0 radical (unpaired) electrons. The molecule has 0 saturated carbocycles. The fraction of sp³-hybridized carbons (Fsp3) is 0.100. The van der Waals surface area contributed by atoms with E-state index in [1.165, 1.54) is 33.4 Å². The molecule has 0 heterocycles. The average Bonchev–Trinajstić information content (AvgIpc) is 2.93. The van der Waals surface area contributed by atoms with Crippen LogP contribution in [0.4, 0.5) is 0 Å². The summed E-state index contributed by atoms with van der Waals surface area (Å²) >= 11 is 0. The summed E-state index contributed by atoms with van der Waals surface area (Å²) in [6.07, 6.45) is 1.04. The van der Waals surface area contributed by atoms with Gasteiger partial charge in [0.1, 0.15) is 5.75 Å². The summed E-state index contributed by atoms with van der Waals surface area (Å²) in [4.78, 5) is 0. The second-order valence-corrected chi connectivity index (χ2v) is 5.40. The van der Waals surface area contributed by atoms with Crippen molar-refractivity contribution in [2.45, 2.75) is 6.42 Å². The minimum atomic E-state index is 0.895. The SMILES string of the molecule is COc1ccc(-c2cccc3c2-c2ccccc2C3)cc1. The van der Waals surface area contributed by atoms with E-state index in [2.05, 4.69) is 54.6 Å². The van der Waals surface area contributed by atoms with E-state index >= 15 is 0 Å². The van der Waals surface area contributed by atoms with Crippen LogP contribution in [-0.2, 0) is 6.42 Å². The first-order chi connectivity index (χ1) is 10.4. The van der Waals surface area contributed by atoms with E-state index in [0.29, 0.717) is 0 Å². The Morgan fingerprint density at radius 1 is 0.714 bits per heavy atom. The zero-order valence-corrected chi connectivity index (χ0v) is 12.0. The third kappa shape index (κ3) is 1.93. The molecule has 21 heavy (non-hydrogen) atoms. The van der Waals surface area contributed by atoms with Gasteiger partial charge in [-0.2, -0.15) is 0 Å². The van der Waals surface area contributed by atoms with Gasteiger partial charge in [-0.05, 0) is 51.9 Å². The molecule has 0 unspecified atom stereocenters. The van der Waals surface area contributed by atoms with Crippen molar-refractivity contribution < 1.29 is 4.74 Å². The zero-order chi connectivity index (χ0) is 14.2. The Bertz CT molecular complexity index is 800. The van der Waals surface area contributed by atoms with Gasteiger partial charge in [-0.15, -0.1) is 0 Å². The molecule has 0 atom stereocenters. The molecular weight excluding hydrogens is 256 g/mol. The van der Waals surface area contributed by atoms with Gasteiger partial charge in [-0.1, -0.05) is 54.6 Å². The molecule has 0 N–H and O–H groups in total. The highest BCUT2D eigenvalue weighted by atomic mass is 16.5. The largest absolute Gasteiger partial charge is 0.497 e. The summed E-state index contributed by atoms with van der Waals surface area (Å²) in [6.45, 7) is 0. The lowest BCUT2D eigenvalue weighted by atomic mass is 9.94. The van der Waals surface area contributed by atoms with E-state index in [1.54, 1.807) is 7.11 Å². The van der Waals surface area contributed by atoms with Crippen LogP contribution >= 0.6 is 0 Å². The van der Waals surface area contributed by atoms with Crippen molar-refractivity contribution in [3.05, 3.63) is 77.9 Å². The number of rotatable bonds is 2. The molecule has 3 aromatic rings. The van der Waals surface area contributed by atoms with Crippen LogP contribution in [0.5, 0.6) is 5.75 Å². The second kappa shape index (κ2) is 4.78. The molecule has 1 heteroatoms. The predicted octanol–water partition coefficient (Wildman–Crippen LogP) is 4.93. The fourth-order valence-electron chi connectivity index (χ4n) is 3.20. The predicted molar refractivity (Wildman–Crippen MR) is 86.7 cm³/mol. The lowest BCUT2D eigenvalue weighted by molar-refractivity contribution is 0.415. The molecular formula is C20H16O. The molecule has 1 aliphatic carbocycles. The van der Waals surface area contributed by atoms with Crippen LogP contribution < -0.4 is 4.74 Å². The number of fused-ring (bicyclic) bond motifs is 3. The van der Waals surface area contributed by atoms with Crippen molar-refractivity contribution in [1.82, 2.24) is 0 Å². The summed E-state index contributed by atoms with van der Waals surface area (Å²) in [5.41, 5.74) is 8.15. The first-order valence-corrected chi connectivity index (χ1v) is 7.21. The van der Waals surface area contributed by atoms with Gasteiger partial charge in [-0.25, -0.2) is 0 Å². The number of methoxy groups -OCH3 is 1. The maximum atomic E-state index is 5.25. The lowest BCUT2D eigenvalue weighted by Crippen LogP contribution is -1.87. The smallest absolute Gasteiger partial charge is 0.118 e. The highest BCUT2D eigenvalue weighted by molar-refractivity contribution is 5.90.